The van der Waals surface area contributed by atoms with E-state index < -0.39 is 5.60 Å². The van der Waals surface area contributed by atoms with Gasteiger partial charge in [0.15, 0.2) is 29.1 Å². The number of hydrogen-bond acceptors (Lipinski definition) is 9. The summed E-state index contributed by atoms with van der Waals surface area (Å²) in [5, 5.41) is 21.5. The van der Waals surface area contributed by atoms with Crippen molar-refractivity contribution in [2.45, 2.75) is 26.4 Å². The summed E-state index contributed by atoms with van der Waals surface area (Å²) in [4.78, 5) is 30.7. The number of nitrogens with zero attached hydrogens (tertiary/aromatic N) is 8. The van der Waals surface area contributed by atoms with Crippen LogP contribution in [-0.2, 0) is 7.05 Å². The number of hydrogen-bond donors (Lipinski definition) is 2. The van der Waals surface area contributed by atoms with Crippen LogP contribution in [0.25, 0.3) is 16.0 Å². The van der Waals surface area contributed by atoms with Crippen LogP contribution < -0.4 is 10.1 Å². The van der Waals surface area contributed by atoms with Crippen molar-refractivity contribution in [3.63, 3.8) is 0 Å². The maximum Gasteiger partial charge on any atom is 0.274 e. The van der Waals surface area contributed by atoms with Crippen LogP contribution in [0.15, 0.2) is 36.8 Å². The maximum atomic E-state index is 12.7. The first-order valence-electron chi connectivity index (χ1n) is 11.6. The molecule has 1 saturated heterocycles. The van der Waals surface area contributed by atoms with Gasteiger partial charge in [0.1, 0.15) is 5.52 Å². The summed E-state index contributed by atoms with van der Waals surface area (Å²) < 4.78 is 7.75. The number of aliphatic hydroxyl groups is 1. The molecule has 1 aliphatic rings. The molecule has 1 aliphatic heterocycles. The topological polar surface area (TPSA) is 136 Å². The molecule has 0 radical (unpaired) electrons. The van der Waals surface area contributed by atoms with Crippen LogP contribution >= 0.6 is 0 Å². The predicted molar refractivity (Wildman–Crippen MR) is 135 cm³/mol. The normalized spacial score (nSPS) is 13.8. The number of nitrogens with one attached hydrogen (secondary N) is 1. The van der Waals surface area contributed by atoms with Crippen molar-refractivity contribution in [2.24, 2.45) is 13.0 Å². The third-order valence-electron chi connectivity index (χ3n) is 6.34. The monoisotopic (exact) mass is 499 g/mol. The zero-order chi connectivity index (χ0) is 26.3. The molecule has 1 amide bonds. The minimum absolute atomic E-state index is 0.0411. The first-order chi connectivity index (χ1) is 17.6. The SMILES string of the molecule is [C-]#[N+]c1cc(C)c(Oc2cc(Nc3ccc(C(=O)N4CC(C(C)(C)O)C4)nn3)c3ncn(C)c3n2)cn1. The van der Waals surface area contributed by atoms with Gasteiger partial charge in [0.2, 0.25) is 5.88 Å². The molecule has 5 rings (SSSR count). The second kappa shape index (κ2) is 9.11. The van der Waals surface area contributed by atoms with Crippen LogP contribution in [0.5, 0.6) is 11.6 Å². The molecular formula is C25H25N9O3. The Bertz CT molecular complexity index is 1530. The summed E-state index contributed by atoms with van der Waals surface area (Å²) in [5.74, 6) is 1.30. The van der Waals surface area contributed by atoms with Crippen molar-refractivity contribution < 1.29 is 14.6 Å². The van der Waals surface area contributed by atoms with Gasteiger partial charge in [-0.2, -0.15) is 4.98 Å². The molecular weight excluding hydrogens is 474 g/mol. The maximum absolute atomic E-state index is 12.7. The molecule has 0 spiro atoms. The fourth-order valence-electron chi connectivity index (χ4n) is 3.94. The van der Waals surface area contributed by atoms with E-state index in [1.807, 2.05) is 14.0 Å². The molecule has 12 heteroatoms. The fourth-order valence-corrected chi connectivity index (χ4v) is 3.94. The molecule has 0 saturated carbocycles. The number of ether oxygens (including phenoxy) is 1. The smallest absolute Gasteiger partial charge is 0.274 e. The Morgan fingerprint density at radius 2 is 2.03 bits per heavy atom. The van der Waals surface area contributed by atoms with E-state index in [-0.39, 0.29) is 23.3 Å². The van der Waals surface area contributed by atoms with Crippen molar-refractivity contribution >= 4 is 34.4 Å². The van der Waals surface area contributed by atoms with Gasteiger partial charge in [-0.25, -0.2) is 4.98 Å². The molecule has 12 nitrogen and oxygen atoms in total. The third kappa shape index (κ3) is 4.76. The average molecular weight is 500 g/mol. The average Bonchev–Trinajstić information content (AvgIpc) is 3.20. The summed E-state index contributed by atoms with van der Waals surface area (Å²) in [6.45, 7) is 13.4. The van der Waals surface area contributed by atoms with Crippen molar-refractivity contribution in [1.29, 1.82) is 0 Å². The van der Waals surface area contributed by atoms with E-state index in [4.69, 9.17) is 11.3 Å². The van der Waals surface area contributed by atoms with Crippen LogP contribution in [0, 0.1) is 19.4 Å². The zero-order valence-electron chi connectivity index (χ0n) is 20.8. The van der Waals surface area contributed by atoms with E-state index in [2.05, 4.69) is 35.3 Å². The van der Waals surface area contributed by atoms with E-state index >= 15 is 0 Å². The number of aromatic nitrogens is 6. The number of amides is 1. The Morgan fingerprint density at radius 3 is 2.68 bits per heavy atom. The number of imidazole rings is 1. The minimum atomic E-state index is -0.823. The number of likely N-dealkylation sites (tertiary alicyclic amines) is 1. The number of fused-ring (bicyclic) bond motifs is 1. The van der Waals surface area contributed by atoms with Crippen molar-refractivity contribution in [3.05, 3.63) is 59.5 Å². The Labute approximate surface area is 212 Å². The molecule has 188 valence electrons. The zero-order valence-corrected chi connectivity index (χ0v) is 20.8. The highest BCUT2D eigenvalue weighted by Crippen LogP contribution is 2.32. The van der Waals surface area contributed by atoms with Crippen LogP contribution in [0.4, 0.5) is 17.3 Å². The predicted octanol–water partition coefficient (Wildman–Crippen LogP) is 3.39. The van der Waals surface area contributed by atoms with Gasteiger partial charge in [-0.05, 0) is 44.5 Å². The standard InChI is InChI=1S/C25H25N9O3/c1-14-8-20(26-4)27-10-18(14)37-21-9-17(22-23(30-21)33(5)13-28-22)29-19-7-6-16(31-32-19)24(35)34-11-15(12-34)25(2,3)36/h6-10,13,15,36H,11-12H2,1-3,5H3,(H,29,30,32). The summed E-state index contributed by atoms with van der Waals surface area (Å²) >= 11 is 0. The van der Waals surface area contributed by atoms with Gasteiger partial charge in [-0.15, -0.1) is 15.2 Å². The van der Waals surface area contributed by atoms with Crippen molar-refractivity contribution in [2.75, 3.05) is 18.4 Å². The van der Waals surface area contributed by atoms with Gasteiger partial charge < -0.3 is 29.5 Å². The largest absolute Gasteiger partial charge is 0.435 e. The van der Waals surface area contributed by atoms with Crippen molar-refractivity contribution in [1.82, 2.24) is 34.6 Å². The number of pyridine rings is 2. The van der Waals surface area contributed by atoms with Crippen LogP contribution in [-0.4, -0.2) is 64.3 Å². The lowest BCUT2D eigenvalue weighted by molar-refractivity contribution is -0.0509. The Hall–Kier alpha value is -4.63. The lowest BCUT2D eigenvalue weighted by Gasteiger charge is -2.44. The quantitative estimate of drug-likeness (QED) is 0.383. The molecule has 5 heterocycles. The highest BCUT2D eigenvalue weighted by atomic mass is 16.5. The van der Waals surface area contributed by atoms with Gasteiger partial charge in [0.05, 0.1) is 17.6 Å². The number of carbonyl (C=O) groups excluding carboxylic acids is 1. The first-order valence-corrected chi connectivity index (χ1v) is 11.6. The summed E-state index contributed by atoms with van der Waals surface area (Å²) in [6.07, 6.45) is 3.14. The molecule has 0 aromatic carbocycles. The Balaban J connectivity index is 1.36. The van der Waals surface area contributed by atoms with Crippen LogP contribution in [0.3, 0.4) is 0 Å². The van der Waals surface area contributed by atoms with Gasteiger partial charge in [-0.3, -0.25) is 4.79 Å². The highest BCUT2D eigenvalue weighted by molar-refractivity contribution is 5.93. The summed E-state index contributed by atoms with van der Waals surface area (Å²) in [7, 11) is 1.83. The van der Waals surface area contributed by atoms with E-state index in [0.717, 1.165) is 5.56 Å². The van der Waals surface area contributed by atoms with Crippen LogP contribution in [0.2, 0.25) is 0 Å². The number of anilines is 2. The molecule has 1 fully saturated rings. The molecule has 4 aromatic heterocycles. The van der Waals surface area contributed by atoms with Gasteiger partial charge >= 0.3 is 0 Å². The number of carbonyl (C=O) groups is 1. The first kappa shape index (κ1) is 24.1. The Morgan fingerprint density at radius 1 is 1.24 bits per heavy atom. The number of aryl methyl sites for hydroxylation is 2. The lowest BCUT2D eigenvalue weighted by Crippen LogP contribution is -2.57. The summed E-state index contributed by atoms with van der Waals surface area (Å²) in [5.41, 5.74) is 1.94. The second-order valence-electron chi connectivity index (χ2n) is 9.55. The fraction of sp³-hybridized carbons (Fsp3) is 0.320. The van der Waals surface area contributed by atoms with Gasteiger partial charge in [-0.1, -0.05) is 6.57 Å². The molecule has 0 bridgehead atoms. The second-order valence-corrected chi connectivity index (χ2v) is 9.55. The van der Waals surface area contributed by atoms with E-state index in [0.29, 0.717) is 47.4 Å². The minimum Gasteiger partial charge on any atom is -0.435 e. The highest BCUT2D eigenvalue weighted by Gasteiger charge is 2.40. The molecule has 0 atom stereocenters. The van der Waals surface area contributed by atoms with E-state index in [9.17, 15) is 9.90 Å². The summed E-state index contributed by atoms with van der Waals surface area (Å²) in [6, 6.07) is 6.61. The van der Waals surface area contributed by atoms with E-state index in [1.54, 1.807) is 53.9 Å². The lowest BCUT2D eigenvalue weighted by atomic mass is 9.84. The molecule has 37 heavy (non-hydrogen) atoms. The van der Waals surface area contributed by atoms with Gasteiger partial charge in [0, 0.05) is 32.1 Å². The van der Waals surface area contributed by atoms with Crippen molar-refractivity contribution in [3.8, 4) is 11.6 Å². The number of rotatable bonds is 6. The molecule has 2 N–H and O–H groups in total. The van der Waals surface area contributed by atoms with Gasteiger partial charge in [0.25, 0.3) is 11.7 Å². The van der Waals surface area contributed by atoms with E-state index in [1.165, 1.54) is 6.20 Å². The Kier molecular flexibility index (Phi) is 5.93. The third-order valence-corrected chi connectivity index (χ3v) is 6.34. The molecule has 0 aliphatic carbocycles. The van der Waals surface area contributed by atoms with Crippen LogP contribution in [0.1, 0.15) is 29.9 Å². The molecule has 4 aromatic rings. The molecule has 0 unspecified atom stereocenters.